The van der Waals surface area contributed by atoms with Crippen molar-refractivity contribution in [2.24, 2.45) is 0 Å². The molecule has 0 aliphatic rings. The zero-order valence-electron chi connectivity index (χ0n) is 13.4. The van der Waals surface area contributed by atoms with E-state index in [1.54, 1.807) is 0 Å². The van der Waals surface area contributed by atoms with E-state index in [-0.39, 0.29) is 21.8 Å². The maximum atomic E-state index is 13.6. The van der Waals surface area contributed by atoms with Crippen LogP contribution in [0, 0.1) is 5.82 Å². The molecule has 1 heterocycles. The van der Waals surface area contributed by atoms with Crippen molar-refractivity contribution in [1.82, 2.24) is 10.1 Å². The van der Waals surface area contributed by atoms with Crippen LogP contribution < -0.4 is 0 Å². The molecule has 1 unspecified atom stereocenters. The van der Waals surface area contributed by atoms with Crippen molar-refractivity contribution in [1.29, 1.82) is 0 Å². The minimum atomic E-state index is -4.75. The first kappa shape index (κ1) is 19.1. The normalized spacial score (nSPS) is 12.8. The van der Waals surface area contributed by atoms with Gasteiger partial charge < -0.3 is 9.08 Å². The fourth-order valence-corrected chi connectivity index (χ4v) is 3.25. The number of hydrogen-bond donors (Lipinski definition) is 0. The maximum absolute atomic E-state index is 13.6. The topological polar surface area (TPSA) is 79.0 Å². The molecule has 0 aliphatic heterocycles. The third-order valence-corrected chi connectivity index (χ3v) is 4.82. The van der Waals surface area contributed by atoms with E-state index in [1.165, 1.54) is 42.5 Å². The Morgan fingerprint density at radius 1 is 1.11 bits per heavy atom. The second kappa shape index (κ2) is 7.49. The van der Waals surface area contributed by atoms with Crippen LogP contribution in [-0.2, 0) is 17.4 Å². The van der Waals surface area contributed by atoms with Crippen molar-refractivity contribution >= 4 is 17.0 Å². The zero-order valence-corrected chi connectivity index (χ0v) is 14.2. The summed E-state index contributed by atoms with van der Waals surface area (Å²) >= 11 is -1.86. The lowest BCUT2D eigenvalue weighted by molar-refractivity contribution is -0.159. The van der Waals surface area contributed by atoms with Crippen molar-refractivity contribution in [2.75, 3.05) is 5.75 Å². The summed E-state index contributed by atoms with van der Waals surface area (Å²) in [6, 6.07) is 10.8. The summed E-state index contributed by atoms with van der Waals surface area (Å²) < 4.78 is 67.3. The fourth-order valence-electron chi connectivity index (χ4n) is 2.17. The number of carbonyl (C=O) groups is 1. The van der Waals surface area contributed by atoms with Crippen LogP contribution in [0.3, 0.4) is 0 Å². The van der Waals surface area contributed by atoms with E-state index in [2.05, 4.69) is 14.7 Å². The summed E-state index contributed by atoms with van der Waals surface area (Å²) in [5, 5.41) is 3.24. The summed E-state index contributed by atoms with van der Waals surface area (Å²) in [5.74, 6) is -3.36. The first-order chi connectivity index (χ1) is 12.8. The highest BCUT2D eigenvalue weighted by atomic mass is 32.2. The van der Waals surface area contributed by atoms with Crippen LogP contribution in [-0.4, -0.2) is 26.2 Å². The van der Waals surface area contributed by atoms with Gasteiger partial charge in [0, 0.05) is 11.1 Å². The van der Waals surface area contributed by atoms with Gasteiger partial charge in [-0.2, -0.15) is 18.2 Å². The van der Waals surface area contributed by atoms with Crippen molar-refractivity contribution in [2.45, 2.75) is 11.1 Å². The van der Waals surface area contributed by atoms with E-state index < -0.39 is 40.6 Å². The van der Waals surface area contributed by atoms with Crippen LogP contribution in [0.25, 0.3) is 11.4 Å². The Kier molecular flexibility index (Phi) is 5.29. The molecule has 3 aromatic rings. The quantitative estimate of drug-likeness (QED) is 0.370. The molecule has 1 aromatic heterocycles. The molecule has 0 saturated heterocycles. The van der Waals surface area contributed by atoms with Gasteiger partial charge in [-0.25, -0.2) is 4.39 Å². The number of hydrogen-bond acceptors (Lipinski definition) is 5. The standard InChI is InChI=1S/C17H10F4N2O3S/c18-12-3-1-2-4-14(12)27(25)9-13(24)10-5-7-11(8-6-10)15-22-16(26-23-15)17(19,20)21/h1-8H,9H2. The molecule has 10 heteroatoms. The SMILES string of the molecule is O=C(C[S+]([O-])c1ccccc1F)c1ccc(-c2noc(C(F)(F)F)n2)cc1. The molecule has 0 radical (unpaired) electrons. The van der Waals surface area contributed by atoms with Crippen molar-refractivity contribution in [3.8, 4) is 11.4 Å². The number of nitrogens with zero attached hydrogens (tertiary/aromatic N) is 2. The number of ketones is 1. The number of carbonyl (C=O) groups excluding carboxylic acids is 1. The number of aromatic nitrogens is 2. The van der Waals surface area contributed by atoms with E-state index >= 15 is 0 Å². The lowest BCUT2D eigenvalue weighted by Crippen LogP contribution is -2.17. The number of halogens is 4. The van der Waals surface area contributed by atoms with Gasteiger partial charge in [0.2, 0.25) is 11.6 Å². The molecular weight excluding hydrogens is 388 g/mol. The summed E-state index contributed by atoms with van der Waals surface area (Å²) in [5.41, 5.74) is 0.379. The van der Waals surface area contributed by atoms with E-state index in [0.29, 0.717) is 0 Å². The summed E-state index contributed by atoms with van der Waals surface area (Å²) in [4.78, 5) is 15.4. The van der Waals surface area contributed by atoms with Crippen molar-refractivity contribution < 1.29 is 31.4 Å². The Bertz CT molecular complexity index is 957. The minimum absolute atomic E-state index is 0.0750. The van der Waals surface area contributed by atoms with Crippen LogP contribution in [0.2, 0.25) is 0 Å². The van der Waals surface area contributed by atoms with Gasteiger partial charge >= 0.3 is 12.1 Å². The lowest BCUT2D eigenvalue weighted by atomic mass is 10.1. The molecule has 0 fully saturated rings. The maximum Gasteiger partial charge on any atom is 0.471 e. The summed E-state index contributed by atoms with van der Waals surface area (Å²) in [6.45, 7) is 0. The smallest absolute Gasteiger partial charge is 0.471 e. The zero-order chi connectivity index (χ0) is 19.6. The van der Waals surface area contributed by atoms with Crippen LogP contribution in [0.5, 0.6) is 0 Å². The first-order valence-corrected chi connectivity index (χ1v) is 8.75. The van der Waals surface area contributed by atoms with Crippen LogP contribution in [0.4, 0.5) is 17.6 Å². The van der Waals surface area contributed by atoms with Gasteiger partial charge in [0.15, 0.2) is 16.5 Å². The summed E-state index contributed by atoms with van der Waals surface area (Å²) in [7, 11) is 0. The molecule has 0 spiro atoms. The second-order valence-corrected chi connectivity index (χ2v) is 6.76. The lowest BCUT2D eigenvalue weighted by Gasteiger charge is -2.10. The van der Waals surface area contributed by atoms with Crippen molar-refractivity contribution in [3.63, 3.8) is 0 Å². The molecule has 27 heavy (non-hydrogen) atoms. The van der Waals surface area contributed by atoms with Gasteiger partial charge in [-0.1, -0.05) is 41.6 Å². The Labute approximate surface area is 153 Å². The average molecular weight is 398 g/mol. The molecule has 0 amide bonds. The third-order valence-electron chi connectivity index (χ3n) is 3.48. The molecule has 140 valence electrons. The molecule has 0 bridgehead atoms. The number of Topliss-reactive ketones (excluding diaryl/α,β-unsaturated/α-hetero) is 1. The monoisotopic (exact) mass is 398 g/mol. The van der Waals surface area contributed by atoms with Crippen LogP contribution in [0.15, 0.2) is 57.9 Å². The average Bonchev–Trinajstić information content (AvgIpc) is 3.12. The molecule has 5 nitrogen and oxygen atoms in total. The number of benzene rings is 2. The number of rotatable bonds is 5. The van der Waals surface area contributed by atoms with Gasteiger partial charge in [0.1, 0.15) is 0 Å². The minimum Gasteiger partial charge on any atom is -0.611 e. The molecule has 2 aromatic carbocycles. The highest BCUT2D eigenvalue weighted by Gasteiger charge is 2.38. The van der Waals surface area contributed by atoms with Crippen LogP contribution >= 0.6 is 0 Å². The fraction of sp³-hybridized carbons (Fsp3) is 0.118. The van der Waals surface area contributed by atoms with Gasteiger partial charge in [0.25, 0.3) is 0 Å². The van der Waals surface area contributed by atoms with Crippen molar-refractivity contribution in [3.05, 3.63) is 65.8 Å². The van der Waals surface area contributed by atoms with E-state index in [0.717, 1.165) is 6.07 Å². The number of alkyl halides is 3. The first-order valence-electron chi connectivity index (χ1n) is 7.43. The predicted octanol–water partition coefficient (Wildman–Crippen LogP) is 3.89. The van der Waals surface area contributed by atoms with E-state index in [4.69, 9.17) is 0 Å². The Morgan fingerprint density at radius 2 is 1.78 bits per heavy atom. The summed E-state index contributed by atoms with van der Waals surface area (Å²) in [6.07, 6.45) is -4.75. The van der Waals surface area contributed by atoms with Crippen LogP contribution in [0.1, 0.15) is 16.2 Å². The molecule has 1 atom stereocenters. The molecule has 0 N–H and O–H groups in total. The Balaban J connectivity index is 1.72. The van der Waals surface area contributed by atoms with Gasteiger partial charge in [-0.05, 0) is 23.3 Å². The highest BCUT2D eigenvalue weighted by molar-refractivity contribution is 7.92. The predicted molar refractivity (Wildman–Crippen MR) is 86.7 cm³/mol. The largest absolute Gasteiger partial charge is 0.611 e. The molecule has 0 aliphatic carbocycles. The van der Waals surface area contributed by atoms with E-state index in [1.807, 2.05) is 0 Å². The van der Waals surface area contributed by atoms with Gasteiger partial charge in [0.05, 0.1) is 0 Å². The molecule has 0 saturated carbocycles. The highest BCUT2D eigenvalue weighted by Crippen LogP contribution is 2.29. The van der Waals surface area contributed by atoms with Gasteiger partial charge in [-0.15, -0.1) is 0 Å². The Morgan fingerprint density at radius 3 is 2.37 bits per heavy atom. The second-order valence-electron chi connectivity index (χ2n) is 5.34. The Hall–Kier alpha value is -2.72. The third kappa shape index (κ3) is 4.34. The van der Waals surface area contributed by atoms with Gasteiger partial charge in [-0.3, -0.25) is 4.79 Å². The molecule has 3 rings (SSSR count). The van der Waals surface area contributed by atoms with E-state index in [9.17, 15) is 26.9 Å². The molecular formula is C17H10F4N2O3S.